The minimum atomic E-state index is -0.788. The second-order valence-electron chi connectivity index (χ2n) is 2.04. The third-order valence-electron chi connectivity index (χ3n) is 1.03. The van der Waals surface area contributed by atoms with E-state index in [0.29, 0.717) is 10.5 Å². The van der Waals surface area contributed by atoms with Crippen LogP contribution in [0, 0.1) is 0 Å². The number of hydrogen-bond acceptors (Lipinski definition) is 2. The van der Waals surface area contributed by atoms with Gasteiger partial charge in [0.15, 0.2) is 0 Å². The molecular formula is C6H10GeO4. The number of hydrogen-bond donors (Lipinski definition) is 2. The second kappa shape index (κ2) is 6.21. The predicted molar refractivity (Wildman–Crippen MR) is 39.9 cm³/mol. The summed E-state index contributed by atoms with van der Waals surface area (Å²) in [5.74, 6) is -1.58. The summed E-state index contributed by atoms with van der Waals surface area (Å²) in [6, 6.07) is 0. The van der Waals surface area contributed by atoms with Crippen LogP contribution in [0.5, 0.6) is 0 Å². The van der Waals surface area contributed by atoms with Crippen LogP contribution in [0.25, 0.3) is 0 Å². The quantitative estimate of drug-likeness (QED) is 0.502. The van der Waals surface area contributed by atoms with Gasteiger partial charge in [-0.2, -0.15) is 0 Å². The molecule has 0 saturated carbocycles. The fraction of sp³-hybridized carbons (Fsp3) is 0.667. The average Bonchev–Trinajstić information content (AvgIpc) is 1.85. The van der Waals surface area contributed by atoms with E-state index in [0.717, 1.165) is 0 Å². The molecule has 0 amide bonds. The van der Waals surface area contributed by atoms with Crippen LogP contribution in [0.3, 0.4) is 0 Å². The average molecular weight is 219 g/mol. The van der Waals surface area contributed by atoms with Gasteiger partial charge in [-0.05, 0) is 0 Å². The van der Waals surface area contributed by atoms with Gasteiger partial charge in [0.05, 0.1) is 0 Å². The molecule has 0 aliphatic carbocycles. The van der Waals surface area contributed by atoms with Crippen molar-refractivity contribution in [2.24, 2.45) is 0 Å². The predicted octanol–water partition coefficient (Wildman–Crippen LogP) is 0.477. The molecule has 0 aromatic rings. The molecule has 0 bridgehead atoms. The fourth-order valence-corrected chi connectivity index (χ4v) is 2.68. The molecule has 0 spiro atoms. The van der Waals surface area contributed by atoms with Crippen molar-refractivity contribution in [1.29, 1.82) is 0 Å². The molecule has 0 fully saturated rings. The Morgan fingerprint density at radius 2 is 1.36 bits per heavy atom. The number of carboxylic acids is 2. The summed E-state index contributed by atoms with van der Waals surface area (Å²) >= 11 is -0.324. The number of rotatable bonds is 6. The molecule has 0 unspecified atom stereocenters. The van der Waals surface area contributed by atoms with Gasteiger partial charge >= 0.3 is 70.5 Å². The first-order chi connectivity index (χ1) is 5.13. The molecule has 0 heterocycles. The van der Waals surface area contributed by atoms with Crippen LogP contribution in [-0.4, -0.2) is 37.6 Å². The molecule has 11 heavy (non-hydrogen) atoms. The summed E-state index contributed by atoms with van der Waals surface area (Å²) in [6.45, 7) is 0. The summed E-state index contributed by atoms with van der Waals surface area (Å²) < 4.78 is 0. The van der Waals surface area contributed by atoms with Crippen molar-refractivity contribution in [3.05, 3.63) is 0 Å². The van der Waals surface area contributed by atoms with E-state index in [1.807, 2.05) is 0 Å². The normalized spacial score (nSPS) is 9.45. The number of carbonyl (C=O) groups is 2. The van der Waals surface area contributed by atoms with Crippen LogP contribution in [0.2, 0.25) is 10.5 Å². The summed E-state index contributed by atoms with van der Waals surface area (Å²) in [5.41, 5.74) is 0. The van der Waals surface area contributed by atoms with Crippen LogP contribution < -0.4 is 0 Å². The van der Waals surface area contributed by atoms with Crippen LogP contribution in [-0.2, 0) is 9.59 Å². The molecule has 4 nitrogen and oxygen atoms in total. The van der Waals surface area contributed by atoms with E-state index in [-0.39, 0.29) is 28.3 Å². The van der Waals surface area contributed by atoms with Crippen molar-refractivity contribution in [3.63, 3.8) is 0 Å². The van der Waals surface area contributed by atoms with Crippen LogP contribution >= 0.6 is 0 Å². The second-order valence-corrected chi connectivity index (χ2v) is 5.18. The monoisotopic (exact) mass is 220 g/mol. The Labute approximate surface area is 71.1 Å². The Balaban J connectivity index is 3.03. The molecule has 0 atom stereocenters. The molecule has 0 aliphatic rings. The topological polar surface area (TPSA) is 74.6 Å². The van der Waals surface area contributed by atoms with Gasteiger partial charge in [0, 0.05) is 0 Å². The van der Waals surface area contributed by atoms with Crippen molar-refractivity contribution in [2.45, 2.75) is 23.3 Å². The van der Waals surface area contributed by atoms with E-state index in [4.69, 9.17) is 10.2 Å². The van der Waals surface area contributed by atoms with Gasteiger partial charge in [-0.25, -0.2) is 0 Å². The van der Waals surface area contributed by atoms with Crippen molar-refractivity contribution in [3.8, 4) is 0 Å². The molecule has 2 N–H and O–H groups in total. The molecule has 0 aliphatic heterocycles. The maximum atomic E-state index is 10.0. The van der Waals surface area contributed by atoms with E-state index in [1.54, 1.807) is 0 Å². The van der Waals surface area contributed by atoms with E-state index in [2.05, 4.69) is 0 Å². The van der Waals surface area contributed by atoms with Crippen molar-refractivity contribution < 1.29 is 19.8 Å². The molecule has 62 valence electrons. The van der Waals surface area contributed by atoms with E-state index in [9.17, 15) is 9.59 Å². The Hall–Kier alpha value is -0.517. The number of aliphatic carboxylic acids is 2. The zero-order valence-corrected chi connectivity index (χ0v) is 8.14. The van der Waals surface area contributed by atoms with E-state index < -0.39 is 11.9 Å². The van der Waals surface area contributed by atoms with Gasteiger partial charge in [-0.3, -0.25) is 0 Å². The van der Waals surface area contributed by atoms with Gasteiger partial charge < -0.3 is 0 Å². The first kappa shape index (κ1) is 10.5. The third kappa shape index (κ3) is 9.48. The Kier molecular flexibility index (Phi) is 5.92. The van der Waals surface area contributed by atoms with Gasteiger partial charge in [0.2, 0.25) is 0 Å². The fourth-order valence-electron chi connectivity index (χ4n) is 0.516. The van der Waals surface area contributed by atoms with Gasteiger partial charge in [-0.15, -0.1) is 0 Å². The van der Waals surface area contributed by atoms with Crippen LogP contribution in [0.1, 0.15) is 12.8 Å². The van der Waals surface area contributed by atoms with Gasteiger partial charge in [0.1, 0.15) is 0 Å². The molecule has 2 radical (unpaired) electrons. The Morgan fingerprint density at radius 3 is 1.64 bits per heavy atom. The van der Waals surface area contributed by atoms with E-state index in [1.165, 1.54) is 0 Å². The van der Waals surface area contributed by atoms with Crippen LogP contribution in [0.4, 0.5) is 0 Å². The molecule has 0 aromatic carbocycles. The minimum absolute atomic E-state index is 0.194. The summed E-state index contributed by atoms with van der Waals surface area (Å²) in [6.07, 6.45) is 0.388. The Morgan fingerprint density at radius 1 is 1.00 bits per heavy atom. The molecular weight excluding hydrogens is 209 g/mol. The zero-order chi connectivity index (χ0) is 8.69. The molecule has 0 saturated heterocycles. The van der Waals surface area contributed by atoms with E-state index >= 15 is 0 Å². The first-order valence-electron chi connectivity index (χ1n) is 3.27. The van der Waals surface area contributed by atoms with Crippen molar-refractivity contribution >= 4 is 27.4 Å². The Bertz CT molecular complexity index is 130. The van der Waals surface area contributed by atoms with Crippen molar-refractivity contribution in [2.75, 3.05) is 0 Å². The summed E-state index contributed by atoms with van der Waals surface area (Å²) in [5, 5.41) is 17.8. The molecule has 5 heteroatoms. The molecule has 0 aromatic heterocycles. The third-order valence-corrected chi connectivity index (χ3v) is 3.56. The van der Waals surface area contributed by atoms with Gasteiger partial charge in [-0.1, -0.05) is 0 Å². The summed E-state index contributed by atoms with van der Waals surface area (Å²) in [7, 11) is 0. The molecule has 0 rings (SSSR count). The van der Waals surface area contributed by atoms with Crippen molar-refractivity contribution in [1.82, 2.24) is 0 Å². The summed E-state index contributed by atoms with van der Waals surface area (Å²) in [4.78, 5) is 20.0. The maximum absolute atomic E-state index is 10.0. The first-order valence-corrected chi connectivity index (χ1v) is 6.24. The number of carboxylic acid groups (broad SMARTS) is 2. The zero-order valence-electron chi connectivity index (χ0n) is 6.04. The van der Waals surface area contributed by atoms with Crippen LogP contribution in [0.15, 0.2) is 0 Å². The van der Waals surface area contributed by atoms with Gasteiger partial charge in [0.25, 0.3) is 0 Å². The standard InChI is InChI=1S/C6H10GeO4/c8-5(9)1-3-7-4-2-6(10)11/h1-4H2,(H,8,9)(H,10,11). The SMILES string of the molecule is O=C(O)C[CH2][Ge][CH2]CC(=O)O.